The molecule has 0 aromatic heterocycles. The lowest BCUT2D eigenvalue weighted by atomic mass is 9.89. The summed E-state index contributed by atoms with van der Waals surface area (Å²) in [5, 5.41) is 19.0. The molecule has 0 saturated carbocycles. The maximum absolute atomic E-state index is 9.34. The third-order valence-electron chi connectivity index (χ3n) is 5.34. The number of nitrogens with zero attached hydrogens (tertiary/aromatic N) is 1. The van der Waals surface area contributed by atoms with Crippen LogP contribution in [-0.4, -0.2) is 13.1 Å². The molecule has 1 aliphatic rings. The summed E-state index contributed by atoms with van der Waals surface area (Å²) in [7, 11) is 0. The third kappa shape index (κ3) is 3.10. The summed E-state index contributed by atoms with van der Waals surface area (Å²) in [5.74, 6) is 0. The van der Waals surface area contributed by atoms with E-state index in [1.165, 1.54) is 27.5 Å². The van der Waals surface area contributed by atoms with E-state index in [1.54, 1.807) is 0 Å². The first-order chi connectivity index (χ1) is 12.8. The molecule has 1 heterocycles. The first kappa shape index (κ1) is 16.8. The van der Waals surface area contributed by atoms with E-state index in [1.807, 2.05) is 0 Å². The molecule has 1 saturated heterocycles. The highest BCUT2D eigenvalue weighted by Gasteiger charge is 2.36. The molecule has 3 nitrogen and oxygen atoms in total. The molecule has 0 spiro atoms. The van der Waals surface area contributed by atoms with Crippen LogP contribution in [0.1, 0.15) is 23.1 Å². The number of hydrogen-bond donors (Lipinski definition) is 2. The van der Waals surface area contributed by atoms with Gasteiger partial charge in [0, 0.05) is 13.1 Å². The lowest BCUT2D eigenvalue weighted by Crippen LogP contribution is -2.46. The molecule has 0 bridgehead atoms. The SMILES string of the molecule is N#CCC1(c2ccccc2CCc2cccc3ccccc23)NCCN1. The van der Waals surface area contributed by atoms with Crippen molar-refractivity contribution < 1.29 is 0 Å². The van der Waals surface area contributed by atoms with Gasteiger partial charge in [-0.3, -0.25) is 10.6 Å². The smallest absolute Gasteiger partial charge is 0.109 e. The Morgan fingerprint density at radius 2 is 1.46 bits per heavy atom. The van der Waals surface area contributed by atoms with Gasteiger partial charge in [0.05, 0.1) is 12.5 Å². The van der Waals surface area contributed by atoms with E-state index in [-0.39, 0.29) is 0 Å². The van der Waals surface area contributed by atoms with Crippen molar-refractivity contribution in [1.29, 1.82) is 5.26 Å². The molecule has 130 valence electrons. The fourth-order valence-electron chi connectivity index (χ4n) is 4.08. The average Bonchev–Trinajstić information content (AvgIpc) is 3.16. The lowest BCUT2D eigenvalue weighted by molar-refractivity contribution is 0.350. The number of benzene rings is 3. The Hall–Kier alpha value is -2.67. The Morgan fingerprint density at radius 3 is 2.31 bits per heavy atom. The molecular weight excluding hydrogens is 318 g/mol. The van der Waals surface area contributed by atoms with Gasteiger partial charge in [-0.2, -0.15) is 5.26 Å². The van der Waals surface area contributed by atoms with Gasteiger partial charge in [-0.25, -0.2) is 0 Å². The molecule has 0 radical (unpaired) electrons. The fourth-order valence-corrected chi connectivity index (χ4v) is 4.08. The van der Waals surface area contributed by atoms with Crippen LogP contribution < -0.4 is 10.6 Å². The summed E-state index contributed by atoms with van der Waals surface area (Å²) in [6.45, 7) is 1.78. The average molecular weight is 341 g/mol. The summed E-state index contributed by atoms with van der Waals surface area (Å²) in [6, 6.07) is 26.0. The van der Waals surface area contributed by atoms with E-state index in [9.17, 15) is 5.26 Å². The topological polar surface area (TPSA) is 47.9 Å². The number of nitrogens with one attached hydrogen (secondary N) is 2. The first-order valence-corrected chi connectivity index (χ1v) is 9.24. The molecule has 0 unspecified atom stereocenters. The van der Waals surface area contributed by atoms with E-state index < -0.39 is 5.66 Å². The molecule has 3 aromatic carbocycles. The second kappa shape index (κ2) is 7.29. The van der Waals surface area contributed by atoms with E-state index in [0.717, 1.165) is 25.9 Å². The zero-order valence-electron chi connectivity index (χ0n) is 14.8. The van der Waals surface area contributed by atoms with Crippen molar-refractivity contribution in [3.05, 3.63) is 83.4 Å². The van der Waals surface area contributed by atoms with Crippen molar-refractivity contribution in [3.63, 3.8) is 0 Å². The van der Waals surface area contributed by atoms with Crippen LogP contribution in [0.2, 0.25) is 0 Å². The van der Waals surface area contributed by atoms with Crippen LogP contribution in [0.5, 0.6) is 0 Å². The van der Waals surface area contributed by atoms with Gasteiger partial charge >= 0.3 is 0 Å². The molecule has 0 amide bonds. The minimum Gasteiger partial charge on any atom is -0.293 e. The molecule has 0 aliphatic carbocycles. The first-order valence-electron chi connectivity index (χ1n) is 9.24. The van der Waals surface area contributed by atoms with Gasteiger partial charge in [0.2, 0.25) is 0 Å². The van der Waals surface area contributed by atoms with E-state index in [2.05, 4.69) is 83.4 Å². The van der Waals surface area contributed by atoms with Gasteiger partial charge < -0.3 is 0 Å². The molecular formula is C23H23N3. The van der Waals surface area contributed by atoms with Gasteiger partial charge in [0.25, 0.3) is 0 Å². The standard InChI is InChI=1S/C23H23N3/c24-15-14-23(25-16-17-26-23)22-11-4-2-7-20(22)13-12-19-9-5-8-18-6-1-3-10-21(18)19/h1-11,25-26H,12-14,16-17H2. The second-order valence-corrected chi connectivity index (χ2v) is 6.89. The van der Waals surface area contributed by atoms with Gasteiger partial charge in [-0.15, -0.1) is 0 Å². The van der Waals surface area contributed by atoms with Gasteiger partial charge in [-0.1, -0.05) is 66.7 Å². The monoisotopic (exact) mass is 341 g/mol. The maximum Gasteiger partial charge on any atom is 0.109 e. The van der Waals surface area contributed by atoms with Crippen LogP contribution in [0.15, 0.2) is 66.7 Å². The molecule has 1 fully saturated rings. The molecule has 4 rings (SSSR count). The summed E-state index contributed by atoms with van der Waals surface area (Å²) in [4.78, 5) is 0. The van der Waals surface area contributed by atoms with Crippen molar-refractivity contribution in [2.45, 2.75) is 24.9 Å². The highest BCUT2D eigenvalue weighted by Crippen LogP contribution is 2.29. The zero-order valence-corrected chi connectivity index (χ0v) is 14.8. The van der Waals surface area contributed by atoms with Crippen molar-refractivity contribution >= 4 is 10.8 Å². The normalized spacial score (nSPS) is 15.8. The molecule has 26 heavy (non-hydrogen) atoms. The largest absolute Gasteiger partial charge is 0.293 e. The molecule has 2 N–H and O–H groups in total. The minimum atomic E-state index is -0.413. The molecule has 1 aliphatic heterocycles. The van der Waals surface area contributed by atoms with Crippen LogP contribution in [0.25, 0.3) is 10.8 Å². The Labute approximate surface area is 154 Å². The highest BCUT2D eigenvalue weighted by atomic mass is 15.2. The third-order valence-corrected chi connectivity index (χ3v) is 5.34. The predicted octanol–water partition coefficient (Wildman–Crippen LogP) is 3.88. The summed E-state index contributed by atoms with van der Waals surface area (Å²) >= 11 is 0. The quantitative estimate of drug-likeness (QED) is 0.740. The number of fused-ring (bicyclic) bond motifs is 1. The highest BCUT2D eigenvalue weighted by molar-refractivity contribution is 5.85. The number of rotatable bonds is 5. The lowest BCUT2D eigenvalue weighted by Gasteiger charge is -2.30. The van der Waals surface area contributed by atoms with Crippen molar-refractivity contribution in [1.82, 2.24) is 10.6 Å². The number of aryl methyl sites for hydroxylation is 2. The van der Waals surface area contributed by atoms with Crippen LogP contribution in [0.3, 0.4) is 0 Å². The van der Waals surface area contributed by atoms with Crippen molar-refractivity contribution in [3.8, 4) is 6.07 Å². The van der Waals surface area contributed by atoms with Gasteiger partial charge in [0.1, 0.15) is 5.66 Å². The van der Waals surface area contributed by atoms with Crippen LogP contribution in [0.4, 0.5) is 0 Å². The Morgan fingerprint density at radius 1 is 0.808 bits per heavy atom. The van der Waals surface area contributed by atoms with Crippen LogP contribution in [-0.2, 0) is 18.5 Å². The molecule has 0 atom stereocenters. The molecule has 3 heteroatoms. The van der Waals surface area contributed by atoms with Crippen LogP contribution >= 0.6 is 0 Å². The van der Waals surface area contributed by atoms with Crippen molar-refractivity contribution in [2.24, 2.45) is 0 Å². The Balaban J connectivity index is 1.64. The number of hydrogen-bond acceptors (Lipinski definition) is 3. The maximum atomic E-state index is 9.34. The Bertz CT molecular complexity index is 944. The summed E-state index contributed by atoms with van der Waals surface area (Å²) in [5.41, 5.74) is 3.47. The van der Waals surface area contributed by atoms with E-state index >= 15 is 0 Å². The number of nitriles is 1. The van der Waals surface area contributed by atoms with Gasteiger partial charge in [-0.05, 0) is 40.3 Å². The molecule has 3 aromatic rings. The van der Waals surface area contributed by atoms with Gasteiger partial charge in [0.15, 0.2) is 0 Å². The fraction of sp³-hybridized carbons (Fsp3) is 0.261. The minimum absolute atomic E-state index is 0.413. The summed E-state index contributed by atoms with van der Waals surface area (Å²) < 4.78 is 0. The zero-order chi connectivity index (χ0) is 17.8. The van der Waals surface area contributed by atoms with Crippen LogP contribution in [0, 0.1) is 11.3 Å². The summed E-state index contributed by atoms with van der Waals surface area (Å²) in [6.07, 6.45) is 2.38. The van der Waals surface area contributed by atoms with Crippen molar-refractivity contribution in [2.75, 3.05) is 13.1 Å². The van der Waals surface area contributed by atoms with E-state index in [4.69, 9.17) is 0 Å². The van der Waals surface area contributed by atoms with E-state index in [0.29, 0.717) is 6.42 Å². The second-order valence-electron chi connectivity index (χ2n) is 6.89. The Kier molecular flexibility index (Phi) is 4.71. The predicted molar refractivity (Wildman–Crippen MR) is 106 cm³/mol.